The Kier molecular flexibility index (Phi) is 6.06. The molecule has 24 heavy (non-hydrogen) atoms. The van der Waals surface area contributed by atoms with Crippen molar-refractivity contribution < 1.29 is 4.79 Å². The molecule has 1 heterocycles. The van der Waals surface area contributed by atoms with Gasteiger partial charge in [0.15, 0.2) is 5.16 Å². The Morgan fingerprint density at radius 3 is 2.96 bits per heavy atom. The van der Waals surface area contributed by atoms with Crippen molar-refractivity contribution >= 4 is 35.0 Å². The molecular weight excluding hydrogens is 350 g/mol. The Labute approximate surface area is 148 Å². The smallest absolute Gasteiger partial charge is 0.325 e. The molecule has 0 saturated heterocycles. The van der Waals surface area contributed by atoms with Crippen LogP contribution in [0.4, 0.5) is 5.69 Å². The van der Waals surface area contributed by atoms with Gasteiger partial charge in [-0.1, -0.05) is 30.3 Å². The van der Waals surface area contributed by atoms with Gasteiger partial charge in [-0.25, -0.2) is 9.89 Å². The number of anilines is 1. The first-order chi connectivity index (χ1) is 11.5. The van der Waals surface area contributed by atoms with E-state index in [1.807, 2.05) is 13.0 Å². The standard InChI is InChI=1S/C15H16ClN5O2S/c1-3-6-21-14(23)19-20-15(21)24-9(2)13(22)18-11-5-4-10(8-17)12(16)7-11/h4-5,7,9H,3,6H2,1-2H3,(H,18,22)(H,19,23)/t9-/m0/s1. The molecule has 0 radical (unpaired) electrons. The molecule has 0 unspecified atom stereocenters. The molecule has 9 heteroatoms. The Balaban J connectivity index is 2.06. The van der Waals surface area contributed by atoms with Crippen molar-refractivity contribution in [3.63, 3.8) is 0 Å². The van der Waals surface area contributed by atoms with E-state index in [-0.39, 0.29) is 16.6 Å². The Bertz CT molecular complexity index is 839. The van der Waals surface area contributed by atoms with Crippen LogP contribution in [0.5, 0.6) is 0 Å². The molecule has 0 spiro atoms. The van der Waals surface area contributed by atoms with Gasteiger partial charge in [0.1, 0.15) is 6.07 Å². The number of H-pyrrole nitrogens is 1. The maximum absolute atomic E-state index is 12.3. The average molecular weight is 366 g/mol. The highest BCUT2D eigenvalue weighted by atomic mass is 35.5. The molecule has 7 nitrogen and oxygen atoms in total. The first-order valence-electron chi connectivity index (χ1n) is 7.28. The minimum absolute atomic E-state index is 0.251. The number of hydrogen-bond donors (Lipinski definition) is 2. The lowest BCUT2D eigenvalue weighted by atomic mass is 10.2. The molecule has 2 rings (SSSR count). The van der Waals surface area contributed by atoms with Crippen LogP contribution in [0.15, 0.2) is 28.2 Å². The van der Waals surface area contributed by atoms with Crippen molar-refractivity contribution in [2.45, 2.75) is 37.2 Å². The first-order valence-corrected chi connectivity index (χ1v) is 8.54. The van der Waals surface area contributed by atoms with Gasteiger partial charge in [0, 0.05) is 12.2 Å². The van der Waals surface area contributed by atoms with Crippen LogP contribution < -0.4 is 11.0 Å². The van der Waals surface area contributed by atoms with Crippen molar-refractivity contribution in [1.82, 2.24) is 14.8 Å². The van der Waals surface area contributed by atoms with Crippen LogP contribution in [0.25, 0.3) is 0 Å². The highest BCUT2D eigenvalue weighted by Crippen LogP contribution is 2.23. The minimum Gasteiger partial charge on any atom is -0.325 e. The van der Waals surface area contributed by atoms with Crippen molar-refractivity contribution in [3.05, 3.63) is 39.3 Å². The van der Waals surface area contributed by atoms with Gasteiger partial charge in [-0.3, -0.25) is 9.36 Å². The molecule has 2 aromatic rings. The van der Waals surface area contributed by atoms with Crippen molar-refractivity contribution in [1.29, 1.82) is 5.26 Å². The van der Waals surface area contributed by atoms with Gasteiger partial charge in [0.05, 0.1) is 15.8 Å². The molecule has 0 fully saturated rings. The van der Waals surface area contributed by atoms with Gasteiger partial charge in [0.2, 0.25) is 5.91 Å². The minimum atomic E-state index is -0.467. The van der Waals surface area contributed by atoms with Gasteiger partial charge < -0.3 is 5.32 Å². The van der Waals surface area contributed by atoms with E-state index in [0.29, 0.717) is 23.0 Å². The molecule has 1 amide bonds. The van der Waals surface area contributed by atoms with E-state index in [2.05, 4.69) is 15.5 Å². The van der Waals surface area contributed by atoms with E-state index in [0.717, 1.165) is 6.42 Å². The molecule has 0 aliphatic carbocycles. The van der Waals surface area contributed by atoms with Crippen molar-refractivity contribution in [2.75, 3.05) is 5.32 Å². The highest BCUT2D eigenvalue weighted by molar-refractivity contribution is 8.00. The Hall–Kier alpha value is -2.24. The second kappa shape index (κ2) is 8.04. The number of halogens is 1. The number of aromatic amines is 1. The van der Waals surface area contributed by atoms with Crippen LogP contribution in [-0.4, -0.2) is 25.9 Å². The summed E-state index contributed by atoms with van der Waals surface area (Å²) in [6.07, 6.45) is 0.789. The van der Waals surface area contributed by atoms with Crippen LogP contribution in [0.3, 0.4) is 0 Å². The van der Waals surface area contributed by atoms with E-state index in [9.17, 15) is 9.59 Å². The summed E-state index contributed by atoms with van der Waals surface area (Å²) in [5, 5.41) is 18.2. The van der Waals surface area contributed by atoms with Crippen molar-refractivity contribution in [2.24, 2.45) is 0 Å². The lowest BCUT2D eigenvalue weighted by molar-refractivity contribution is -0.115. The number of nitriles is 1. The predicted octanol–water partition coefficient (Wildman–Crippen LogP) is 2.63. The van der Waals surface area contributed by atoms with Crippen LogP contribution in [0.2, 0.25) is 5.02 Å². The van der Waals surface area contributed by atoms with E-state index in [1.165, 1.54) is 22.4 Å². The summed E-state index contributed by atoms with van der Waals surface area (Å²) < 4.78 is 1.51. The summed E-state index contributed by atoms with van der Waals surface area (Å²) in [6, 6.07) is 6.64. The van der Waals surface area contributed by atoms with Gasteiger partial charge in [-0.15, -0.1) is 5.10 Å². The number of carbonyl (C=O) groups is 1. The van der Waals surface area contributed by atoms with E-state index in [1.54, 1.807) is 19.1 Å². The van der Waals surface area contributed by atoms with Gasteiger partial charge in [-0.2, -0.15) is 5.26 Å². The molecule has 1 aromatic carbocycles. The fourth-order valence-electron chi connectivity index (χ4n) is 1.95. The van der Waals surface area contributed by atoms with Gasteiger partial charge >= 0.3 is 5.69 Å². The summed E-state index contributed by atoms with van der Waals surface area (Å²) in [5.74, 6) is -0.251. The molecule has 2 N–H and O–H groups in total. The molecular formula is C15H16ClN5O2S. The van der Waals surface area contributed by atoms with E-state index < -0.39 is 5.25 Å². The zero-order valence-corrected chi connectivity index (χ0v) is 14.7. The maximum Gasteiger partial charge on any atom is 0.343 e. The molecule has 126 valence electrons. The lowest BCUT2D eigenvalue weighted by Crippen LogP contribution is -2.24. The number of nitrogens with one attached hydrogen (secondary N) is 2. The molecule has 1 atom stereocenters. The Morgan fingerprint density at radius 1 is 1.58 bits per heavy atom. The van der Waals surface area contributed by atoms with Gasteiger partial charge in [-0.05, 0) is 31.5 Å². The number of hydrogen-bond acceptors (Lipinski definition) is 5. The third kappa shape index (κ3) is 4.19. The average Bonchev–Trinajstić information content (AvgIpc) is 2.88. The van der Waals surface area contributed by atoms with Crippen molar-refractivity contribution in [3.8, 4) is 6.07 Å². The van der Waals surface area contributed by atoms with E-state index in [4.69, 9.17) is 16.9 Å². The Morgan fingerprint density at radius 2 is 2.33 bits per heavy atom. The van der Waals surface area contributed by atoms with Gasteiger partial charge in [0.25, 0.3) is 0 Å². The number of benzene rings is 1. The number of carbonyl (C=O) groups excluding carboxylic acids is 1. The van der Waals surface area contributed by atoms with Crippen LogP contribution in [0.1, 0.15) is 25.8 Å². The fourth-order valence-corrected chi connectivity index (χ4v) is 3.06. The zero-order chi connectivity index (χ0) is 17.7. The number of nitrogens with zero attached hydrogens (tertiary/aromatic N) is 3. The number of thioether (sulfide) groups is 1. The molecule has 0 aliphatic heterocycles. The maximum atomic E-state index is 12.3. The third-order valence-electron chi connectivity index (χ3n) is 3.18. The largest absolute Gasteiger partial charge is 0.343 e. The highest BCUT2D eigenvalue weighted by Gasteiger charge is 2.19. The second-order valence-electron chi connectivity index (χ2n) is 5.02. The molecule has 0 bridgehead atoms. The fraction of sp³-hybridized carbons (Fsp3) is 0.333. The second-order valence-corrected chi connectivity index (χ2v) is 6.73. The predicted molar refractivity (Wildman–Crippen MR) is 93.3 cm³/mol. The SMILES string of the molecule is CCCn1c(S[C@@H](C)C(=O)Nc2ccc(C#N)c(Cl)c2)n[nH]c1=O. The molecule has 0 saturated carbocycles. The first kappa shape index (κ1) is 18.1. The normalized spacial score (nSPS) is 11.8. The quantitative estimate of drug-likeness (QED) is 0.766. The molecule has 1 aromatic heterocycles. The van der Waals surface area contributed by atoms with Crippen LogP contribution in [0, 0.1) is 11.3 Å². The lowest BCUT2D eigenvalue weighted by Gasteiger charge is -2.12. The van der Waals surface area contributed by atoms with Crippen LogP contribution in [-0.2, 0) is 11.3 Å². The number of rotatable bonds is 6. The molecule has 0 aliphatic rings. The van der Waals surface area contributed by atoms with E-state index >= 15 is 0 Å². The number of amides is 1. The summed E-state index contributed by atoms with van der Waals surface area (Å²) in [6.45, 7) is 4.22. The summed E-state index contributed by atoms with van der Waals surface area (Å²) in [7, 11) is 0. The summed E-state index contributed by atoms with van der Waals surface area (Å²) >= 11 is 7.14. The third-order valence-corrected chi connectivity index (χ3v) is 4.58. The summed E-state index contributed by atoms with van der Waals surface area (Å²) in [4.78, 5) is 24.0. The summed E-state index contributed by atoms with van der Waals surface area (Å²) in [5.41, 5.74) is 0.562. The zero-order valence-electron chi connectivity index (χ0n) is 13.2. The topological polar surface area (TPSA) is 104 Å². The van der Waals surface area contributed by atoms with Crippen LogP contribution >= 0.6 is 23.4 Å². The monoisotopic (exact) mass is 365 g/mol. The number of aromatic nitrogens is 3.